The van der Waals surface area contributed by atoms with Gasteiger partial charge in [0, 0.05) is 43.6 Å². The monoisotopic (exact) mass is 569 g/mol. The number of aryl methyl sites for hydroxylation is 1. The number of nitrogens with one attached hydrogen (secondary N) is 2. The fourth-order valence-corrected chi connectivity index (χ4v) is 4.41. The summed E-state index contributed by atoms with van der Waals surface area (Å²) in [5.41, 5.74) is -0.706. The molecule has 2 aromatic rings. The number of carbonyl (C=O) groups is 5. The molecule has 0 aliphatic heterocycles. The van der Waals surface area contributed by atoms with E-state index in [1.54, 1.807) is 33.9 Å². The Balaban J connectivity index is 2.18. The van der Waals surface area contributed by atoms with Gasteiger partial charge in [0.25, 0.3) is 17.4 Å². The summed E-state index contributed by atoms with van der Waals surface area (Å²) in [6.07, 6.45) is 6.69. The summed E-state index contributed by atoms with van der Waals surface area (Å²) in [5, 5.41) is 5.22. The van der Waals surface area contributed by atoms with Crippen LogP contribution in [0.3, 0.4) is 0 Å². The Morgan fingerprint density at radius 3 is 2.29 bits per heavy atom. The molecule has 2 amide bonds. The maximum atomic E-state index is 13.4. The van der Waals surface area contributed by atoms with Gasteiger partial charge in [-0.25, -0.2) is 4.98 Å². The molecule has 2 heterocycles. The number of ketones is 3. The lowest BCUT2D eigenvalue weighted by molar-refractivity contribution is -0.139. The Morgan fingerprint density at radius 1 is 1.02 bits per heavy atom. The van der Waals surface area contributed by atoms with Crippen LogP contribution in [0.1, 0.15) is 89.2 Å². The normalized spacial score (nSPS) is 12.2. The number of Topliss-reactive ketones (excluding diaryl/α,β-unsaturated/α-hetero) is 3. The third-order valence-electron chi connectivity index (χ3n) is 6.94. The van der Waals surface area contributed by atoms with Crippen molar-refractivity contribution in [2.45, 2.75) is 97.7 Å². The molecule has 0 aliphatic rings. The van der Waals surface area contributed by atoms with Crippen LogP contribution in [-0.2, 0) is 39.2 Å². The van der Waals surface area contributed by atoms with Gasteiger partial charge in [0.1, 0.15) is 5.69 Å². The predicted octanol–water partition coefficient (Wildman–Crippen LogP) is 2.54. The molecule has 2 N–H and O–H groups in total. The molecule has 2 rings (SSSR count). The number of pyridine rings is 1. The molecule has 41 heavy (non-hydrogen) atoms. The van der Waals surface area contributed by atoms with Gasteiger partial charge < -0.3 is 19.8 Å². The zero-order valence-corrected chi connectivity index (χ0v) is 25.0. The molecular weight excluding hydrogens is 526 g/mol. The van der Waals surface area contributed by atoms with Crippen LogP contribution in [-0.4, -0.2) is 54.9 Å². The Hall–Kier alpha value is -3.89. The maximum Gasteiger partial charge on any atom is 0.287 e. The summed E-state index contributed by atoms with van der Waals surface area (Å²) in [7, 11) is 1.62. The summed E-state index contributed by atoms with van der Waals surface area (Å²) in [4.78, 5) is 80.5. The van der Waals surface area contributed by atoms with E-state index in [-0.39, 0.29) is 42.8 Å². The average molecular weight is 570 g/mol. The van der Waals surface area contributed by atoms with Crippen LogP contribution in [0.4, 0.5) is 0 Å². The van der Waals surface area contributed by atoms with Crippen molar-refractivity contribution in [3.05, 3.63) is 52.5 Å². The Morgan fingerprint density at radius 2 is 1.71 bits per heavy atom. The van der Waals surface area contributed by atoms with Crippen LogP contribution in [0.15, 0.2) is 35.6 Å². The first-order chi connectivity index (χ1) is 19.2. The average Bonchev–Trinajstić information content (AvgIpc) is 3.33. The van der Waals surface area contributed by atoms with Crippen molar-refractivity contribution in [2.24, 2.45) is 13.0 Å². The number of rotatable bonds is 16. The molecule has 0 radical (unpaired) electrons. The fraction of sp³-hybridized carbons (Fsp3) is 0.567. The second kappa shape index (κ2) is 15.2. The van der Waals surface area contributed by atoms with Crippen LogP contribution >= 0.6 is 0 Å². The molecule has 224 valence electrons. The van der Waals surface area contributed by atoms with Gasteiger partial charge in [-0.05, 0) is 45.6 Å². The zero-order valence-electron chi connectivity index (χ0n) is 25.0. The molecule has 1 atom stereocenters. The highest BCUT2D eigenvalue weighted by Crippen LogP contribution is 2.15. The number of hydrogen-bond donors (Lipinski definition) is 2. The Bertz CT molecular complexity index is 1300. The quantitative estimate of drug-likeness (QED) is 0.295. The molecule has 0 fully saturated rings. The van der Waals surface area contributed by atoms with E-state index in [1.807, 2.05) is 0 Å². The maximum absolute atomic E-state index is 13.4. The minimum atomic E-state index is -1.14. The van der Waals surface area contributed by atoms with Crippen LogP contribution in [0.2, 0.25) is 0 Å². The second-order valence-electron chi connectivity index (χ2n) is 11.5. The van der Waals surface area contributed by atoms with Gasteiger partial charge in [0.2, 0.25) is 5.78 Å². The third-order valence-corrected chi connectivity index (χ3v) is 6.94. The van der Waals surface area contributed by atoms with Crippen LogP contribution < -0.4 is 16.2 Å². The standard InChI is InChI=1S/C30H43N5O6/c1-7-20(8-2)11-12-22(36)18-35-15-9-10-21(29(35)41)16-26(38)23(32-27(39)24-17-31-19-34(24)6)13-14-25(37)28(40)33-30(3,4)5/h9-10,15,17,19-20,23H,7-8,11-14,16,18H2,1-6H3,(H,32,39)(H,33,40)/t23-/m0/s1. The molecule has 0 aromatic carbocycles. The third kappa shape index (κ3) is 10.5. The molecule has 0 bridgehead atoms. The molecule has 0 saturated heterocycles. The summed E-state index contributed by atoms with van der Waals surface area (Å²) in [6.45, 7) is 9.32. The highest BCUT2D eigenvalue weighted by Gasteiger charge is 2.27. The van der Waals surface area contributed by atoms with Crippen molar-refractivity contribution >= 4 is 29.2 Å². The number of carbonyl (C=O) groups excluding carboxylic acids is 5. The fourth-order valence-electron chi connectivity index (χ4n) is 4.41. The van der Waals surface area contributed by atoms with Crippen molar-refractivity contribution in [2.75, 3.05) is 0 Å². The van der Waals surface area contributed by atoms with E-state index in [0.29, 0.717) is 12.3 Å². The van der Waals surface area contributed by atoms with Gasteiger partial charge in [-0.15, -0.1) is 0 Å². The van der Waals surface area contributed by atoms with Gasteiger partial charge in [-0.1, -0.05) is 32.8 Å². The van der Waals surface area contributed by atoms with Crippen molar-refractivity contribution in [3.8, 4) is 0 Å². The number of imidazole rings is 1. The van der Waals surface area contributed by atoms with Crippen molar-refractivity contribution in [3.63, 3.8) is 0 Å². The van der Waals surface area contributed by atoms with E-state index < -0.39 is 40.5 Å². The van der Waals surface area contributed by atoms with Gasteiger partial charge in [0.05, 0.1) is 25.1 Å². The van der Waals surface area contributed by atoms with E-state index in [4.69, 9.17) is 0 Å². The van der Waals surface area contributed by atoms with Crippen molar-refractivity contribution < 1.29 is 24.0 Å². The lowest BCUT2D eigenvalue weighted by Crippen LogP contribution is -2.46. The SMILES string of the molecule is CCC(CC)CCC(=O)Cn1cccc(CC(=O)[C@H](CCC(=O)C(=O)NC(C)(C)C)NC(=O)c2cncn2C)c1=O. The molecule has 11 heteroatoms. The summed E-state index contributed by atoms with van der Waals surface area (Å²) in [5.74, 6) is -2.17. The minimum Gasteiger partial charge on any atom is -0.345 e. The Kier molecular flexibility index (Phi) is 12.4. The van der Waals surface area contributed by atoms with Crippen molar-refractivity contribution in [1.29, 1.82) is 0 Å². The molecule has 2 aromatic heterocycles. The van der Waals surface area contributed by atoms with E-state index in [2.05, 4.69) is 29.5 Å². The van der Waals surface area contributed by atoms with Crippen LogP contribution in [0, 0.1) is 5.92 Å². The van der Waals surface area contributed by atoms with E-state index in [1.165, 1.54) is 33.9 Å². The minimum absolute atomic E-state index is 0.0594. The first kappa shape index (κ1) is 33.3. The first-order valence-corrected chi connectivity index (χ1v) is 14.1. The zero-order chi connectivity index (χ0) is 30.7. The lowest BCUT2D eigenvalue weighted by Gasteiger charge is -2.21. The number of hydrogen-bond acceptors (Lipinski definition) is 7. The van der Waals surface area contributed by atoms with E-state index in [0.717, 1.165) is 19.3 Å². The van der Waals surface area contributed by atoms with Crippen LogP contribution in [0.5, 0.6) is 0 Å². The smallest absolute Gasteiger partial charge is 0.287 e. The molecule has 0 unspecified atom stereocenters. The summed E-state index contributed by atoms with van der Waals surface area (Å²) >= 11 is 0. The summed E-state index contributed by atoms with van der Waals surface area (Å²) < 4.78 is 2.77. The summed E-state index contributed by atoms with van der Waals surface area (Å²) in [6, 6.07) is 1.97. The largest absolute Gasteiger partial charge is 0.345 e. The molecule has 0 aliphatic carbocycles. The highest BCUT2D eigenvalue weighted by atomic mass is 16.2. The van der Waals surface area contributed by atoms with Crippen molar-refractivity contribution in [1.82, 2.24) is 24.8 Å². The van der Waals surface area contributed by atoms with Gasteiger partial charge >= 0.3 is 0 Å². The second-order valence-corrected chi connectivity index (χ2v) is 11.5. The first-order valence-electron chi connectivity index (χ1n) is 14.1. The van der Waals surface area contributed by atoms with E-state index >= 15 is 0 Å². The van der Waals surface area contributed by atoms with E-state index in [9.17, 15) is 28.8 Å². The lowest BCUT2D eigenvalue weighted by atomic mass is 9.96. The number of amides is 2. The van der Waals surface area contributed by atoms with Gasteiger partial charge in [0.15, 0.2) is 11.6 Å². The molecule has 0 spiro atoms. The number of nitrogens with zero attached hydrogens (tertiary/aromatic N) is 3. The Labute approximate surface area is 241 Å². The highest BCUT2D eigenvalue weighted by molar-refractivity contribution is 6.36. The molecule has 11 nitrogen and oxygen atoms in total. The topological polar surface area (TPSA) is 149 Å². The van der Waals surface area contributed by atoms with Crippen LogP contribution in [0.25, 0.3) is 0 Å². The molecule has 0 saturated carbocycles. The van der Waals surface area contributed by atoms with Gasteiger partial charge in [-0.2, -0.15) is 0 Å². The number of aromatic nitrogens is 3. The van der Waals surface area contributed by atoms with Gasteiger partial charge in [-0.3, -0.25) is 28.8 Å². The predicted molar refractivity (Wildman–Crippen MR) is 154 cm³/mol. The molecular formula is C30H43N5O6.